The molecule has 102 valence electrons. The summed E-state index contributed by atoms with van der Waals surface area (Å²) >= 11 is 1.53. The minimum absolute atomic E-state index is 0.0138. The second-order valence-corrected chi connectivity index (χ2v) is 5.43. The zero-order chi connectivity index (χ0) is 13.9. The van der Waals surface area contributed by atoms with E-state index in [0.29, 0.717) is 13.0 Å². The Bertz CT molecular complexity index is 514. The maximum atomic E-state index is 11.8. The van der Waals surface area contributed by atoms with E-state index < -0.39 is 17.4 Å². The monoisotopic (exact) mass is 281 g/mol. The Morgan fingerprint density at radius 3 is 2.89 bits per heavy atom. The Morgan fingerprint density at radius 1 is 1.58 bits per heavy atom. The molecule has 2 rings (SSSR count). The van der Waals surface area contributed by atoms with Crippen molar-refractivity contribution in [2.24, 2.45) is 0 Å². The molecular formula is C13H15NO4S. The van der Waals surface area contributed by atoms with Crippen LogP contribution in [-0.4, -0.2) is 35.7 Å². The second kappa shape index (κ2) is 5.54. The van der Waals surface area contributed by atoms with Crippen molar-refractivity contribution < 1.29 is 19.4 Å². The van der Waals surface area contributed by atoms with Crippen molar-refractivity contribution in [3.8, 4) is 0 Å². The molecule has 0 spiro atoms. The normalized spacial score (nSPS) is 22.8. The Labute approximate surface area is 114 Å². The van der Waals surface area contributed by atoms with Crippen LogP contribution in [0.1, 0.15) is 16.9 Å². The minimum Gasteiger partial charge on any atom is -0.479 e. The van der Waals surface area contributed by atoms with Crippen LogP contribution in [0.4, 0.5) is 0 Å². The molecular weight excluding hydrogens is 266 g/mol. The van der Waals surface area contributed by atoms with E-state index in [4.69, 9.17) is 4.74 Å². The highest BCUT2D eigenvalue weighted by Gasteiger charge is 2.43. The molecule has 1 unspecified atom stereocenters. The van der Waals surface area contributed by atoms with Crippen LogP contribution in [0.15, 0.2) is 17.5 Å². The van der Waals surface area contributed by atoms with E-state index in [9.17, 15) is 14.7 Å². The summed E-state index contributed by atoms with van der Waals surface area (Å²) in [5.74, 6) is -1.47. The number of thiophene rings is 1. The number of aryl methyl sites for hydroxylation is 1. The average molecular weight is 281 g/mol. The van der Waals surface area contributed by atoms with E-state index in [1.54, 1.807) is 6.08 Å². The summed E-state index contributed by atoms with van der Waals surface area (Å²) in [4.78, 5) is 24.0. The van der Waals surface area contributed by atoms with Crippen molar-refractivity contribution >= 4 is 29.3 Å². The molecule has 1 saturated heterocycles. The van der Waals surface area contributed by atoms with Crippen molar-refractivity contribution in [3.63, 3.8) is 0 Å². The van der Waals surface area contributed by atoms with Crippen molar-refractivity contribution in [2.75, 3.05) is 13.2 Å². The molecule has 1 aliphatic rings. The highest BCUT2D eigenvalue weighted by molar-refractivity contribution is 7.11. The lowest BCUT2D eigenvalue weighted by Crippen LogP contribution is -2.54. The summed E-state index contributed by atoms with van der Waals surface area (Å²) < 4.78 is 5.07. The second-order valence-electron chi connectivity index (χ2n) is 4.48. The van der Waals surface area contributed by atoms with Gasteiger partial charge in [-0.25, -0.2) is 4.79 Å². The maximum Gasteiger partial charge on any atom is 0.331 e. The van der Waals surface area contributed by atoms with Crippen molar-refractivity contribution in [1.29, 1.82) is 0 Å². The average Bonchev–Trinajstić information content (AvgIpc) is 2.97. The molecule has 0 radical (unpaired) electrons. The van der Waals surface area contributed by atoms with Gasteiger partial charge in [-0.2, -0.15) is 0 Å². The number of aliphatic carboxylic acids is 1. The predicted octanol–water partition coefficient (Wildman–Crippen LogP) is 1.43. The van der Waals surface area contributed by atoms with Crippen LogP contribution >= 0.6 is 11.3 Å². The first-order valence-corrected chi connectivity index (χ1v) is 6.77. The third kappa shape index (κ3) is 3.02. The van der Waals surface area contributed by atoms with Gasteiger partial charge in [0.05, 0.1) is 6.61 Å². The third-order valence-electron chi connectivity index (χ3n) is 3.08. The number of carboxylic acids is 1. The molecule has 1 fully saturated rings. The molecule has 0 aromatic carbocycles. The Balaban J connectivity index is 2.03. The molecule has 2 N–H and O–H groups in total. The van der Waals surface area contributed by atoms with Crippen LogP contribution in [0.25, 0.3) is 6.08 Å². The number of carboxylic acid groups (broad SMARTS) is 1. The summed E-state index contributed by atoms with van der Waals surface area (Å²) in [7, 11) is 0. The number of amides is 1. The van der Waals surface area contributed by atoms with Crippen molar-refractivity contribution in [3.05, 3.63) is 28.0 Å². The van der Waals surface area contributed by atoms with E-state index in [1.807, 2.05) is 18.4 Å². The van der Waals surface area contributed by atoms with Crippen LogP contribution in [0.2, 0.25) is 0 Å². The van der Waals surface area contributed by atoms with Gasteiger partial charge in [-0.3, -0.25) is 4.79 Å². The molecule has 1 aliphatic heterocycles. The molecule has 1 amide bonds. The number of nitrogens with one attached hydrogen (secondary N) is 1. The fraction of sp³-hybridized carbons (Fsp3) is 0.385. The fourth-order valence-electron chi connectivity index (χ4n) is 1.87. The van der Waals surface area contributed by atoms with Gasteiger partial charge in [0.15, 0.2) is 5.54 Å². The van der Waals surface area contributed by atoms with Gasteiger partial charge in [-0.1, -0.05) is 0 Å². The number of ether oxygens (including phenoxy) is 1. The van der Waals surface area contributed by atoms with Gasteiger partial charge in [0.25, 0.3) is 0 Å². The molecule has 1 aromatic heterocycles. The van der Waals surface area contributed by atoms with Gasteiger partial charge < -0.3 is 15.2 Å². The van der Waals surface area contributed by atoms with Gasteiger partial charge >= 0.3 is 5.97 Å². The molecule has 6 heteroatoms. The largest absolute Gasteiger partial charge is 0.479 e. The van der Waals surface area contributed by atoms with Gasteiger partial charge in [-0.15, -0.1) is 11.3 Å². The van der Waals surface area contributed by atoms with Crippen LogP contribution < -0.4 is 5.32 Å². The van der Waals surface area contributed by atoms with Crippen molar-refractivity contribution in [1.82, 2.24) is 5.32 Å². The first-order valence-electron chi connectivity index (χ1n) is 5.89. The van der Waals surface area contributed by atoms with E-state index in [1.165, 1.54) is 17.4 Å². The Kier molecular flexibility index (Phi) is 4.01. The molecule has 2 heterocycles. The van der Waals surface area contributed by atoms with Crippen LogP contribution in [-0.2, 0) is 14.3 Å². The smallest absolute Gasteiger partial charge is 0.331 e. The fourth-order valence-corrected chi connectivity index (χ4v) is 2.69. The van der Waals surface area contributed by atoms with Gasteiger partial charge in [0, 0.05) is 24.0 Å². The first-order chi connectivity index (χ1) is 9.03. The number of carbonyl (C=O) groups excluding carboxylic acids is 1. The molecule has 1 aromatic rings. The zero-order valence-corrected chi connectivity index (χ0v) is 11.3. The van der Waals surface area contributed by atoms with E-state index in [-0.39, 0.29) is 6.61 Å². The summed E-state index contributed by atoms with van der Waals surface area (Å²) in [6.07, 6.45) is 3.35. The summed E-state index contributed by atoms with van der Waals surface area (Å²) in [5, 5.41) is 13.7. The number of carbonyl (C=O) groups is 2. The van der Waals surface area contributed by atoms with Crippen LogP contribution in [0, 0.1) is 6.92 Å². The summed E-state index contributed by atoms with van der Waals surface area (Å²) in [5.41, 5.74) is -0.197. The molecule has 19 heavy (non-hydrogen) atoms. The third-order valence-corrected chi connectivity index (χ3v) is 4.07. The van der Waals surface area contributed by atoms with E-state index >= 15 is 0 Å². The Morgan fingerprint density at radius 2 is 2.37 bits per heavy atom. The van der Waals surface area contributed by atoms with Gasteiger partial charge in [-0.05, 0) is 30.0 Å². The maximum absolute atomic E-state index is 11.8. The lowest BCUT2D eigenvalue weighted by Gasteiger charge is -2.22. The van der Waals surface area contributed by atoms with Gasteiger partial charge in [0.1, 0.15) is 0 Å². The van der Waals surface area contributed by atoms with E-state index in [0.717, 1.165) is 10.4 Å². The minimum atomic E-state index is -1.29. The highest BCUT2D eigenvalue weighted by Crippen LogP contribution is 2.20. The highest BCUT2D eigenvalue weighted by atomic mass is 32.1. The zero-order valence-electron chi connectivity index (χ0n) is 10.5. The van der Waals surface area contributed by atoms with Gasteiger partial charge in [0.2, 0.25) is 5.91 Å². The molecule has 0 bridgehead atoms. The standard InChI is InChI=1S/C13H15NO4S/c1-9-4-7-19-10(9)2-3-11(15)14-13(12(16)17)5-6-18-8-13/h2-4,7H,5-6,8H2,1H3,(H,14,15)(H,16,17). The number of hydrogen-bond acceptors (Lipinski definition) is 4. The molecule has 5 nitrogen and oxygen atoms in total. The molecule has 0 aliphatic carbocycles. The Hall–Kier alpha value is -1.66. The topological polar surface area (TPSA) is 75.6 Å². The first kappa shape index (κ1) is 13.8. The molecule has 0 saturated carbocycles. The number of rotatable bonds is 4. The van der Waals surface area contributed by atoms with Crippen LogP contribution in [0.5, 0.6) is 0 Å². The van der Waals surface area contributed by atoms with E-state index in [2.05, 4.69) is 5.32 Å². The SMILES string of the molecule is Cc1ccsc1C=CC(=O)NC1(C(=O)O)CCOC1. The molecule has 1 atom stereocenters. The predicted molar refractivity (Wildman–Crippen MR) is 72.0 cm³/mol. The summed E-state index contributed by atoms with van der Waals surface area (Å²) in [6.45, 7) is 2.32. The number of hydrogen-bond donors (Lipinski definition) is 2. The lowest BCUT2D eigenvalue weighted by atomic mass is 9.99. The lowest BCUT2D eigenvalue weighted by molar-refractivity contribution is -0.147. The quantitative estimate of drug-likeness (QED) is 0.819. The summed E-state index contributed by atoms with van der Waals surface area (Å²) in [6, 6.07) is 1.96. The van der Waals surface area contributed by atoms with Crippen LogP contribution in [0.3, 0.4) is 0 Å². The van der Waals surface area contributed by atoms with Crippen molar-refractivity contribution in [2.45, 2.75) is 18.9 Å².